The number of carboxylic acids is 1. The summed E-state index contributed by atoms with van der Waals surface area (Å²) in [6.45, 7) is 18.0. The molecule has 0 saturated carbocycles. The zero-order valence-corrected chi connectivity index (χ0v) is 26.0. The van der Waals surface area contributed by atoms with E-state index in [0.717, 1.165) is 38.5 Å². The zero-order valence-electron chi connectivity index (χ0n) is 26.0. The fourth-order valence-electron chi connectivity index (χ4n) is 7.54. The smallest absolute Gasteiger partial charge is 0.338 e. The summed E-state index contributed by atoms with van der Waals surface area (Å²) in [5.41, 5.74) is 2.99. The second-order valence-electron chi connectivity index (χ2n) is 13.8. The molecule has 2 fully saturated rings. The molecule has 6 heteroatoms. The first kappa shape index (κ1) is 31.9. The van der Waals surface area contributed by atoms with E-state index >= 15 is 0 Å². The van der Waals surface area contributed by atoms with Gasteiger partial charge in [-0.1, -0.05) is 64.8 Å². The molecule has 0 spiro atoms. The quantitative estimate of drug-likeness (QED) is 0.172. The molecular formula is C33H54O6. The maximum Gasteiger partial charge on any atom is 0.338 e. The normalized spacial score (nSPS) is 36.0. The molecule has 2 heterocycles. The Bertz CT molecular complexity index is 961. The average molecular weight is 547 g/mol. The molecule has 4 rings (SSSR count). The number of carbonyl (C=O) groups is 2. The summed E-state index contributed by atoms with van der Waals surface area (Å²) in [5, 5.41) is 9.08. The minimum atomic E-state index is -0.808. The highest BCUT2D eigenvalue weighted by atomic mass is 16.7. The van der Waals surface area contributed by atoms with Crippen LogP contribution in [0.2, 0.25) is 0 Å². The van der Waals surface area contributed by atoms with Crippen LogP contribution in [0.25, 0.3) is 0 Å². The summed E-state index contributed by atoms with van der Waals surface area (Å²) in [6.07, 6.45) is 14.2. The fraction of sp³-hybridized carbons (Fsp3) is 0.818. The second kappa shape index (κ2) is 12.1. The predicted molar refractivity (Wildman–Crippen MR) is 154 cm³/mol. The number of carbonyl (C=O) groups excluding carboxylic acids is 1. The minimum Gasteiger partial charge on any atom is -0.479 e. The maximum atomic E-state index is 11.6. The Balaban J connectivity index is 0.000000216. The molecule has 6 nitrogen and oxygen atoms in total. The van der Waals surface area contributed by atoms with Gasteiger partial charge in [0.05, 0.1) is 7.11 Å². The highest BCUT2D eigenvalue weighted by Gasteiger charge is 2.60. The largest absolute Gasteiger partial charge is 0.479 e. The molecule has 2 aliphatic carbocycles. The lowest BCUT2D eigenvalue weighted by atomic mass is 9.66. The second-order valence-corrected chi connectivity index (χ2v) is 13.8. The third kappa shape index (κ3) is 6.98. The monoisotopic (exact) mass is 546 g/mol. The van der Waals surface area contributed by atoms with Crippen molar-refractivity contribution in [2.24, 2.45) is 22.7 Å². The van der Waals surface area contributed by atoms with Crippen LogP contribution in [0.1, 0.15) is 120 Å². The Morgan fingerprint density at radius 3 is 1.59 bits per heavy atom. The van der Waals surface area contributed by atoms with Crippen molar-refractivity contribution in [1.29, 1.82) is 0 Å². The number of ether oxygens (including phenoxy) is 3. The molecule has 0 radical (unpaired) electrons. The number of esters is 1. The van der Waals surface area contributed by atoms with Crippen LogP contribution in [-0.2, 0) is 23.8 Å². The van der Waals surface area contributed by atoms with Crippen LogP contribution in [0.15, 0.2) is 23.3 Å². The lowest BCUT2D eigenvalue weighted by Gasteiger charge is -2.39. The Morgan fingerprint density at radius 2 is 1.26 bits per heavy atom. The lowest BCUT2D eigenvalue weighted by Crippen LogP contribution is -2.30. The third-order valence-electron chi connectivity index (χ3n) is 10.6. The molecule has 39 heavy (non-hydrogen) atoms. The van der Waals surface area contributed by atoms with Gasteiger partial charge in [-0.25, -0.2) is 9.59 Å². The van der Waals surface area contributed by atoms with E-state index in [1.54, 1.807) is 0 Å². The van der Waals surface area contributed by atoms with Crippen LogP contribution in [0.4, 0.5) is 0 Å². The number of rotatable bonds is 10. The number of carboxylic acid groups (broad SMARTS) is 1. The van der Waals surface area contributed by atoms with Crippen molar-refractivity contribution in [3.63, 3.8) is 0 Å². The number of hydrogen-bond acceptors (Lipinski definition) is 5. The zero-order chi connectivity index (χ0) is 29.2. The van der Waals surface area contributed by atoms with E-state index in [9.17, 15) is 9.59 Å². The summed E-state index contributed by atoms with van der Waals surface area (Å²) >= 11 is 0. The van der Waals surface area contributed by atoms with Crippen molar-refractivity contribution in [2.45, 2.75) is 143 Å². The number of hydrogen-bond donors (Lipinski definition) is 1. The fourth-order valence-corrected chi connectivity index (χ4v) is 7.54. The van der Waals surface area contributed by atoms with Gasteiger partial charge < -0.3 is 19.3 Å². The van der Waals surface area contributed by atoms with Gasteiger partial charge in [0.15, 0.2) is 12.2 Å². The van der Waals surface area contributed by atoms with E-state index in [4.69, 9.17) is 19.3 Å². The first-order chi connectivity index (χ1) is 18.2. The number of methoxy groups -OCH3 is 1. The van der Waals surface area contributed by atoms with E-state index in [-0.39, 0.29) is 23.3 Å². The van der Waals surface area contributed by atoms with E-state index < -0.39 is 12.1 Å². The molecule has 222 valence electrons. The van der Waals surface area contributed by atoms with Gasteiger partial charge in [0.2, 0.25) is 0 Å². The molecule has 0 aromatic rings. The Labute approximate surface area is 236 Å². The summed E-state index contributed by atoms with van der Waals surface area (Å²) in [4.78, 5) is 22.7. The summed E-state index contributed by atoms with van der Waals surface area (Å²) in [7, 11) is 1.43. The minimum absolute atomic E-state index is 0.220. The molecule has 0 bridgehead atoms. The van der Waals surface area contributed by atoms with Gasteiger partial charge >= 0.3 is 11.9 Å². The molecule has 0 aromatic heterocycles. The van der Waals surface area contributed by atoms with E-state index in [1.807, 2.05) is 6.92 Å². The molecule has 2 aliphatic heterocycles. The van der Waals surface area contributed by atoms with Gasteiger partial charge in [-0.2, -0.15) is 0 Å². The third-order valence-corrected chi connectivity index (χ3v) is 10.6. The van der Waals surface area contributed by atoms with Gasteiger partial charge in [0, 0.05) is 0 Å². The van der Waals surface area contributed by atoms with Gasteiger partial charge in [0.25, 0.3) is 0 Å². The number of allylic oxidation sites excluding steroid dienone is 4. The topological polar surface area (TPSA) is 88.7 Å². The maximum absolute atomic E-state index is 11.6. The molecule has 2 saturated heterocycles. The molecular weight excluding hydrogens is 492 g/mol. The standard InChI is InChI=1S/C17H28O3.C16H26O3/c1-6-17(14(20-17)15(18)19-5)11-9-13-12(2)8-7-10-16(13,3)4;1-5-16(13(19-16)14(17)18)10-8-12-11(2)7-6-9-15(12,3)4/h8,13-14H,6-7,9-11H2,1-5H3;7,12-13H,5-6,8-10H2,1-4H3,(H,17,18). The van der Waals surface area contributed by atoms with Gasteiger partial charge in [-0.05, 0) is 101 Å². The summed E-state index contributed by atoms with van der Waals surface area (Å²) in [6, 6.07) is 0. The highest BCUT2D eigenvalue weighted by molar-refractivity contribution is 5.79. The summed E-state index contributed by atoms with van der Waals surface area (Å²) in [5.74, 6) is 0.129. The van der Waals surface area contributed by atoms with Crippen molar-refractivity contribution in [3.05, 3.63) is 23.3 Å². The van der Waals surface area contributed by atoms with Crippen LogP contribution < -0.4 is 0 Å². The number of aliphatic carboxylic acids is 1. The van der Waals surface area contributed by atoms with E-state index in [0.29, 0.717) is 22.7 Å². The summed E-state index contributed by atoms with van der Waals surface area (Å²) < 4.78 is 16.0. The molecule has 4 aliphatic rings. The molecule has 0 amide bonds. The van der Waals surface area contributed by atoms with Crippen LogP contribution in [0.3, 0.4) is 0 Å². The van der Waals surface area contributed by atoms with Gasteiger partial charge in [-0.3, -0.25) is 0 Å². The van der Waals surface area contributed by atoms with Crippen molar-refractivity contribution < 1.29 is 28.9 Å². The van der Waals surface area contributed by atoms with Crippen molar-refractivity contribution in [2.75, 3.05) is 7.11 Å². The van der Waals surface area contributed by atoms with E-state index in [2.05, 4.69) is 60.6 Å². The Hall–Kier alpha value is -1.66. The van der Waals surface area contributed by atoms with Crippen LogP contribution in [-0.4, -0.2) is 47.6 Å². The van der Waals surface area contributed by atoms with Crippen LogP contribution in [0, 0.1) is 22.7 Å². The highest BCUT2D eigenvalue weighted by Crippen LogP contribution is 2.50. The molecule has 1 N–H and O–H groups in total. The Morgan fingerprint density at radius 1 is 0.846 bits per heavy atom. The predicted octanol–water partition coefficient (Wildman–Crippen LogP) is 7.65. The van der Waals surface area contributed by atoms with Gasteiger partial charge in [0.1, 0.15) is 11.2 Å². The first-order valence-electron chi connectivity index (χ1n) is 15.2. The average Bonchev–Trinajstić information content (AvgIpc) is 3.77. The van der Waals surface area contributed by atoms with Crippen molar-refractivity contribution in [1.82, 2.24) is 0 Å². The molecule has 6 unspecified atom stereocenters. The Kier molecular flexibility index (Phi) is 9.85. The first-order valence-corrected chi connectivity index (χ1v) is 15.2. The van der Waals surface area contributed by atoms with Gasteiger partial charge in [-0.15, -0.1) is 0 Å². The molecule has 6 atom stereocenters. The van der Waals surface area contributed by atoms with Crippen molar-refractivity contribution in [3.8, 4) is 0 Å². The number of epoxide rings is 2. The van der Waals surface area contributed by atoms with Crippen LogP contribution >= 0.6 is 0 Å². The lowest BCUT2D eigenvalue weighted by molar-refractivity contribution is -0.142. The molecule has 0 aromatic carbocycles. The van der Waals surface area contributed by atoms with E-state index in [1.165, 1.54) is 43.9 Å². The SMILES string of the molecule is CCC1(CCC2C(C)=CCCC2(C)C)OC1C(=O)O.CCC1(CCC2C(C)=CCCC2(C)C)OC1C(=O)OC. The van der Waals surface area contributed by atoms with Crippen LogP contribution in [0.5, 0.6) is 0 Å². The van der Waals surface area contributed by atoms with Crippen molar-refractivity contribution >= 4 is 11.9 Å².